The lowest BCUT2D eigenvalue weighted by Crippen LogP contribution is -2.44. The van der Waals surface area contributed by atoms with E-state index in [0.717, 1.165) is 25.9 Å². The van der Waals surface area contributed by atoms with Crippen LogP contribution in [0.15, 0.2) is 4.52 Å². The number of hydrogen-bond donors (Lipinski definition) is 5. The number of nitrogens with one attached hydrogen (secondary N) is 3. The van der Waals surface area contributed by atoms with E-state index in [1.54, 1.807) is 0 Å². The summed E-state index contributed by atoms with van der Waals surface area (Å²) in [5.74, 6) is -0.238. The average molecular weight is 356 g/mol. The standard InChI is InChI=1S/C11H17N5O4.C4H11N/c1-6(10(17)18)14-11(19)13-5-8-15-9(16-20-8)7-3-2-4-12-7;1-2-3-4-5/h6-7,12H,2-5H2,1H3,(H,17,18)(H2,13,14,19);2-5H2,1H3. The highest BCUT2D eigenvalue weighted by molar-refractivity contribution is 5.81. The summed E-state index contributed by atoms with van der Waals surface area (Å²) in [5, 5.41) is 20.5. The van der Waals surface area contributed by atoms with Gasteiger partial charge in [-0.3, -0.25) is 4.79 Å². The lowest BCUT2D eigenvalue weighted by Gasteiger charge is -2.09. The van der Waals surface area contributed by atoms with Crippen LogP contribution in [-0.4, -0.2) is 46.4 Å². The Balaban J connectivity index is 0.000000550. The maximum Gasteiger partial charge on any atom is 0.325 e. The second-order valence-electron chi connectivity index (χ2n) is 5.72. The van der Waals surface area contributed by atoms with Crippen molar-refractivity contribution in [2.24, 2.45) is 5.73 Å². The largest absolute Gasteiger partial charge is 0.480 e. The Morgan fingerprint density at radius 1 is 1.52 bits per heavy atom. The van der Waals surface area contributed by atoms with Gasteiger partial charge in [-0.25, -0.2) is 4.79 Å². The first-order valence-electron chi connectivity index (χ1n) is 8.51. The number of nitrogens with zero attached hydrogens (tertiary/aromatic N) is 2. The zero-order valence-corrected chi connectivity index (χ0v) is 14.7. The minimum Gasteiger partial charge on any atom is -0.480 e. The number of nitrogens with two attached hydrogens (primary N) is 1. The number of urea groups is 1. The van der Waals surface area contributed by atoms with Crippen molar-refractivity contribution in [2.75, 3.05) is 13.1 Å². The lowest BCUT2D eigenvalue weighted by atomic mass is 10.2. The van der Waals surface area contributed by atoms with Crippen LogP contribution in [0.1, 0.15) is 57.3 Å². The van der Waals surface area contributed by atoms with Crippen molar-refractivity contribution >= 4 is 12.0 Å². The molecule has 0 aromatic carbocycles. The van der Waals surface area contributed by atoms with Crippen molar-refractivity contribution in [2.45, 2.75) is 58.2 Å². The third kappa shape index (κ3) is 7.94. The number of rotatable bonds is 7. The molecule has 2 atom stereocenters. The second-order valence-corrected chi connectivity index (χ2v) is 5.72. The van der Waals surface area contributed by atoms with Crippen molar-refractivity contribution in [3.63, 3.8) is 0 Å². The first-order chi connectivity index (χ1) is 12.0. The first kappa shape index (κ1) is 20.8. The fourth-order valence-electron chi connectivity index (χ4n) is 2.06. The van der Waals surface area contributed by atoms with E-state index in [2.05, 4.69) is 33.0 Å². The van der Waals surface area contributed by atoms with Gasteiger partial charge in [-0.05, 0) is 39.3 Å². The summed E-state index contributed by atoms with van der Waals surface area (Å²) in [5.41, 5.74) is 5.14. The number of aromatic nitrogens is 2. The van der Waals surface area contributed by atoms with Crippen LogP contribution in [0.5, 0.6) is 0 Å². The maximum absolute atomic E-state index is 11.4. The van der Waals surface area contributed by atoms with E-state index in [1.807, 2.05) is 0 Å². The van der Waals surface area contributed by atoms with Crippen LogP contribution in [-0.2, 0) is 11.3 Å². The molecule has 10 heteroatoms. The van der Waals surface area contributed by atoms with Crippen LogP contribution < -0.4 is 21.7 Å². The molecular weight excluding hydrogens is 328 g/mol. The highest BCUT2D eigenvalue weighted by Gasteiger charge is 2.21. The van der Waals surface area contributed by atoms with Crippen molar-refractivity contribution < 1.29 is 19.2 Å². The van der Waals surface area contributed by atoms with Crippen molar-refractivity contribution in [3.8, 4) is 0 Å². The Kier molecular flexibility index (Phi) is 9.48. The molecule has 1 aliphatic heterocycles. The summed E-state index contributed by atoms with van der Waals surface area (Å²) in [6, 6.07) is -1.46. The van der Waals surface area contributed by atoms with Crippen molar-refractivity contribution in [1.82, 2.24) is 26.1 Å². The van der Waals surface area contributed by atoms with Gasteiger partial charge in [0.2, 0.25) is 5.89 Å². The fourth-order valence-corrected chi connectivity index (χ4v) is 2.06. The highest BCUT2D eigenvalue weighted by atomic mass is 16.5. The first-order valence-corrected chi connectivity index (χ1v) is 8.51. The molecular formula is C15H28N6O4. The van der Waals surface area contributed by atoms with Crippen LogP contribution in [0.2, 0.25) is 0 Å². The van der Waals surface area contributed by atoms with Crippen molar-refractivity contribution in [1.29, 1.82) is 0 Å². The average Bonchev–Trinajstić information content (AvgIpc) is 3.25. The molecule has 2 heterocycles. The molecule has 0 saturated carbocycles. The molecule has 0 aliphatic carbocycles. The number of aliphatic carboxylic acids is 1. The fraction of sp³-hybridized carbons (Fsp3) is 0.733. The predicted molar refractivity (Wildman–Crippen MR) is 90.7 cm³/mol. The van der Waals surface area contributed by atoms with E-state index in [9.17, 15) is 9.59 Å². The molecule has 1 saturated heterocycles. The number of carboxylic acids is 1. The van der Waals surface area contributed by atoms with Crippen LogP contribution in [0.25, 0.3) is 0 Å². The number of hydrogen-bond acceptors (Lipinski definition) is 7. The molecule has 2 rings (SSSR count). The number of amides is 2. The summed E-state index contributed by atoms with van der Waals surface area (Å²) in [6.07, 6.45) is 4.42. The molecule has 0 radical (unpaired) electrons. The molecule has 2 unspecified atom stereocenters. The molecule has 2 amide bonds. The summed E-state index contributed by atoms with van der Waals surface area (Å²) in [6.45, 7) is 5.34. The van der Waals surface area contributed by atoms with E-state index in [1.165, 1.54) is 19.8 Å². The van der Waals surface area contributed by atoms with Crippen LogP contribution in [0, 0.1) is 0 Å². The van der Waals surface area contributed by atoms with E-state index < -0.39 is 18.0 Å². The van der Waals surface area contributed by atoms with E-state index >= 15 is 0 Å². The van der Waals surface area contributed by atoms with Crippen LogP contribution >= 0.6 is 0 Å². The molecule has 0 spiro atoms. The second kappa shape index (κ2) is 11.4. The van der Waals surface area contributed by atoms with E-state index in [-0.39, 0.29) is 18.5 Å². The topological polar surface area (TPSA) is 155 Å². The molecule has 1 aromatic rings. The van der Waals surface area contributed by atoms with Gasteiger partial charge in [0.1, 0.15) is 6.04 Å². The predicted octanol–water partition coefficient (Wildman–Crippen LogP) is 0.512. The lowest BCUT2D eigenvalue weighted by molar-refractivity contribution is -0.138. The zero-order valence-electron chi connectivity index (χ0n) is 14.7. The minimum absolute atomic E-state index is 0.0535. The Hall–Kier alpha value is -2.20. The van der Waals surface area contributed by atoms with E-state index in [4.69, 9.17) is 15.4 Å². The van der Waals surface area contributed by atoms with Crippen LogP contribution in [0.3, 0.4) is 0 Å². The van der Waals surface area contributed by atoms with Gasteiger partial charge in [0.15, 0.2) is 5.82 Å². The Morgan fingerprint density at radius 3 is 2.80 bits per heavy atom. The minimum atomic E-state index is -1.10. The molecule has 25 heavy (non-hydrogen) atoms. The molecule has 1 aromatic heterocycles. The van der Waals surface area contributed by atoms with Gasteiger partial charge in [0.05, 0.1) is 12.6 Å². The Labute approximate surface area is 146 Å². The Bertz CT molecular complexity index is 528. The number of carbonyl (C=O) groups is 2. The van der Waals surface area contributed by atoms with Gasteiger partial charge in [-0.2, -0.15) is 4.98 Å². The molecule has 0 bridgehead atoms. The summed E-state index contributed by atoms with van der Waals surface area (Å²) >= 11 is 0. The quantitative estimate of drug-likeness (QED) is 0.473. The SMILES string of the molecule is CC(NC(=O)NCc1nc(C2CCCN2)no1)C(=O)O.CCCCN. The number of unbranched alkanes of at least 4 members (excludes halogenated alkanes) is 1. The van der Waals surface area contributed by atoms with Gasteiger partial charge >= 0.3 is 12.0 Å². The summed E-state index contributed by atoms with van der Waals surface area (Å²) in [7, 11) is 0. The van der Waals surface area contributed by atoms with E-state index in [0.29, 0.717) is 5.82 Å². The van der Waals surface area contributed by atoms with Gasteiger partial charge in [0.25, 0.3) is 0 Å². The smallest absolute Gasteiger partial charge is 0.325 e. The van der Waals surface area contributed by atoms with Gasteiger partial charge in [0, 0.05) is 0 Å². The summed E-state index contributed by atoms with van der Waals surface area (Å²) in [4.78, 5) is 26.2. The number of carbonyl (C=O) groups excluding carboxylic acids is 1. The monoisotopic (exact) mass is 356 g/mol. The van der Waals surface area contributed by atoms with Gasteiger partial charge in [-0.15, -0.1) is 0 Å². The van der Waals surface area contributed by atoms with Gasteiger partial charge < -0.3 is 31.3 Å². The normalized spacial score (nSPS) is 17.3. The third-order valence-electron chi connectivity index (χ3n) is 3.53. The molecule has 1 aliphatic rings. The molecule has 10 nitrogen and oxygen atoms in total. The molecule has 142 valence electrons. The number of carboxylic acid groups (broad SMARTS) is 1. The van der Waals surface area contributed by atoms with Crippen LogP contribution in [0.4, 0.5) is 4.79 Å². The third-order valence-corrected chi connectivity index (χ3v) is 3.53. The molecule has 6 N–H and O–H groups in total. The van der Waals surface area contributed by atoms with Gasteiger partial charge in [-0.1, -0.05) is 18.5 Å². The summed E-state index contributed by atoms with van der Waals surface area (Å²) < 4.78 is 5.02. The van der Waals surface area contributed by atoms with Crippen molar-refractivity contribution in [3.05, 3.63) is 11.7 Å². The molecule has 1 fully saturated rings. The maximum atomic E-state index is 11.4. The highest BCUT2D eigenvalue weighted by Crippen LogP contribution is 2.19. The Morgan fingerprint density at radius 2 is 2.28 bits per heavy atom. The zero-order chi connectivity index (χ0) is 18.7.